The third-order valence-corrected chi connectivity index (χ3v) is 12.1. The summed E-state index contributed by atoms with van der Waals surface area (Å²) in [5, 5.41) is 0. The van der Waals surface area contributed by atoms with Crippen LogP contribution in [0.15, 0.2) is 73.6 Å². The van der Waals surface area contributed by atoms with Crippen molar-refractivity contribution in [1.29, 1.82) is 0 Å². The molecule has 0 spiro atoms. The van der Waals surface area contributed by atoms with Gasteiger partial charge in [-0.15, -0.1) is 0 Å². The first kappa shape index (κ1) is 34.9. The molecule has 2 aromatic heterocycles. The Labute approximate surface area is 290 Å². The van der Waals surface area contributed by atoms with Crippen molar-refractivity contribution in [2.24, 2.45) is 0 Å². The van der Waals surface area contributed by atoms with E-state index in [-0.39, 0.29) is 23.3 Å². The number of nitrogens with zero attached hydrogens (tertiary/aromatic N) is 3. The number of rotatable bonds is 12. The molecule has 0 fully saturated rings. The number of sulfonamides is 2. The van der Waals surface area contributed by atoms with Crippen LogP contribution in [0.25, 0.3) is 0 Å². The molecular weight excluding hydrogens is 685 g/mol. The maximum Gasteiger partial charge on any atom is 0.357 e. The summed E-state index contributed by atoms with van der Waals surface area (Å²) in [5.74, 6) is -2.68. The number of carbonyl (C=O) groups excluding carboxylic acids is 2. The van der Waals surface area contributed by atoms with Crippen molar-refractivity contribution in [3.63, 3.8) is 0 Å². The third-order valence-electron chi connectivity index (χ3n) is 9.09. The normalized spacial score (nSPS) is 18.1. The summed E-state index contributed by atoms with van der Waals surface area (Å²) in [7, 11) is -8.33. The summed E-state index contributed by atoms with van der Waals surface area (Å²) < 4.78 is 61.1. The van der Waals surface area contributed by atoms with Crippen LogP contribution in [0.2, 0.25) is 0 Å². The molecule has 2 aliphatic carbocycles. The topological polar surface area (TPSA) is 194 Å². The van der Waals surface area contributed by atoms with Crippen LogP contribution >= 0.6 is 0 Å². The van der Waals surface area contributed by atoms with Gasteiger partial charge in [0.1, 0.15) is 0 Å². The molecule has 0 aliphatic heterocycles. The first-order valence-electron chi connectivity index (χ1n) is 16.3. The van der Waals surface area contributed by atoms with Crippen molar-refractivity contribution >= 4 is 43.4 Å². The summed E-state index contributed by atoms with van der Waals surface area (Å²) >= 11 is 0. The highest BCUT2D eigenvalue weighted by atomic mass is 32.2. The molecule has 0 amide bonds. The zero-order valence-corrected chi connectivity index (χ0v) is 29.2. The molecule has 3 unspecified atom stereocenters. The number of benzene rings is 2. The number of H-pyrrole nitrogens is 2. The smallest absolute Gasteiger partial charge is 0.357 e. The summed E-state index contributed by atoms with van der Waals surface area (Å²) in [6.45, 7) is 2.62. The monoisotopic (exact) mass is 722 g/mol. The third kappa shape index (κ3) is 7.31. The SMILES string of the molecule is CCS(=O)(=O)N(OC(=O)/C=C\C(=O)OC(C)S(=O)(=O)Nc1cccc2c1CCCC2c1cnc[nH]1)c1cccc2c1CCCC2c1cnc[nH]1. The van der Waals surface area contributed by atoms with Crippen LogP contribution in [0.5, 0.6) is 0 Å². The highest BCUT2D eigenvalue weighted by Crippen LogP contribution is 2.41. The minimum atomic E-state index is -4.22. The summed E-state index contributed by atoms with van der Waals surface area (Å²) in [5.41, 5.74) is 4.24. The van der Waals surface area contributed by atoms with E-state index < -0.39 is 37.4 Å². The molecule has 2 aromatic carbocycles. The second-order valence-corrected chi connectivity index (χ2v) is 16.2. The Morgan fingerprint density at radius 3 is 2.08 bits per heavy atom. The number of ether oxygens (including phenoxy) is 1. The van der Waals surface area contributed by atoms with E-state index in [1.807, 2.05) is 12.1 Å². The molecule has 0 saturated carbocycles. The van der Waals surface area contributed by atoms with Crippen LogP contribution in [-0.2, 0) is 52.1 Å². The number of nitrogens with one attached hydrogen (secondary N) is 3. The Bertz CT molecular complexity index is 2100. The van der Waals surface area contributed by atoms with Gasteiger partial charge < -0.3 is 19.5 Å². The standard InChI is InChI=1S/C34H38N6O8S2/c1-3-49(43,44)40(32-15-7-9-24-27(12-5-13-28(24)32)31-19-36-21-38-31)48-34(42)17-16-33(41)47-22(2)50(45,46)39-29-14-6-8-23-25(29)10-4-11-26(23)30-18-35-20-37-30/h6-9,14-22,26-27,39H,3-5,10-13H2,1-2H3,(H,35,37)(H,36,38)/b17-16-. The molecule has 0 saturated heterocycles. The number of esters is 1. The maximum absolute atomic E-state index is 13.2. The number of aromatic nitrogens is 4. The van der Waals surface area contributed by atoms with Crippen molar-refractivity contribution in [2.75, 3.05) is 14.9 Å². The zero-order chi connectivity index (χ0) is 35.5. The van der Waals surface area contributed by atoms with Crippen molar-refractivity contribution in [1.82, 2.24) is 19.9 Å². The number of anilines is 2. The van der Waals surface area contributed by atoms with Crippen molar-refractivity contribution in [3.05, 3.63) is 107 Å². The molecular formula is C34H38N6O8S2. The molecule has 2 heterocycles. The van der Waals surface area contributed by atoms with Crippen LogP contribution in [0.1, 0.15) is 85.0 Å². The lowest BCUT2D eigenvalue weighted by atomic mass is 9.80. The lowest BCUT2D eigenvalue weighted by Gasteiger charge is -2.30. The number of carbonyl (C=O) groups is 2. The zero-order valence-electron chi connectivity index (χ0n) is 27.5. The second kappa shape index (κ2) is 14.5. The van der Waals surface area contributed by atoms with Gasteiger partial charge in [0.05, 0.1) is 29.8 Å². The van der Waals surface area contributed by atoms with Gasteiger partial charge in [-0.3, -0.25) is 4.72 Å². The van der Waals surface area contributed by atoms with Crippen molar-refractivity contribution < 1.29 is 36.0 Å². The van der Waals surface area contributed by atoms with Crippen LogP contribution in [-0.4, -0.2) is 59.9 Å². The lowest BCUT2D eigenvalue weighted by molar-refractivity contribution is -0.140. The van der Waals surface area contributed by atoms with Crippen LogP contribution in [0.4, 0.5) is 11.4 Å². The van der Waals surface area contributed by atoms with E-state index >= 15 is 0 Å². The van der Waals surface area contributed by atoms with Crippen LogP contribution in [0, 0.1) is 0 Å². The van der Waals surface area contributed by atoms with Gasteiger partial charge in [0.15, 0.2) is 0 Å². The van der Waals surface area contributed by atoms with Crippen molar-refractivity contribution in [2.45, 2.75) is 69.6 Å². The fourth-order valence-electron chi connectivity index (χ4n) is 6.63. The molecule has 50 heavy (non-hydrogen) atoms. The molecule has 4 aromatic rings. The average Bonchev–Trinajstić information content (AvgIpc) is 3.85. The fraction of sp³-hybridized carbons (Fsp3) is 0.353. The van der Waals surface area contributed by atoms with Gasteiger partial charge in [0.25, 0.3) is 20.0 Å². The summed E-state index contributed by atoms with van der Waals surface area (Å²) in [6.07, 6.45) is 12.6. The maximum atomic E-state index is 13.2. The van der Waals surface area contributed by atoms with Crippen LogP contribution in [0.3, 0.4) is 0 Å². The van der Waals surface area contributed by atoms with Gasteiger partial charge in [0, 0.05) is 47.8 Å². The number of hydrogen-bond acceptors (Lipinski definition) is 10. The van der Waals surface area contributed by atoms with E-state index in [1.54, 1.807) is 49.3 Å². The molecule has 14 nitrogen and oxygen atoms in total. The van der Waals surface area contributed by atoms with Gasteiger partial charge in [0.2, 0.25) is 5.44 Å². The Kier molecular flexibility index (Phi) is 10.1. The van der Waals surface area contributed by atoms with Gasteiger partial charge in [-0.2, -0.15) is 0 Å². The fourth-order valence-corrected chi connectivity index (χ4v) is 8.41. The Morgan fingerprint density at radius 2 is 1.48 bits per heavy atom. The first-order valence-corrected chi connectivity index (χ1v) is 19.5. The van der Waals surface area contributed by atoms with E-state index in [0.717, 1.165) is 59.3 Å². The minimum absolute atomic E-state index is 0.0419. The number of fused-ring (bicyclic) bond motifs is 2. The predicted octanol–water partition coefficient (Wildman–Crippen LogP) is 4.57. The Morgan fingerprint density at radius 1 is 0.900 bits per heavy atom. The quantitative estimate of drug-likeness (QED) is 0.106. The van der Waals surface area contributed by atoms with Gasteiger partial charge in [-0.25, -0.2) is 36.4 Å². The molecule has 6 rings (SSSR count). The van der Waals surface area contributed by atoms with Crippen molar-refractivity contribution in [3.8, 4) is 0 Å². The number of hydrogen-bond donors (Lipinski definition) is 3. The molecule has 264 valence electrons. The lowest BCUT2D eigenvalue weighted by Crippen LogP contribution is -2.35. The Hall–Kier alpha value is -4.96. The van der Waals surface area contributed by atoms with Gasteiger partial charge >= 0.3 is 11.9 Å². The van der Waals surface area contributed by atoms with E-state index in [4.69, 9.17) is 9.57 Å². The molecule has 3 N–H and O–H groups in total. The van der Waals surface area contributed by atoms with E-state index in [1.165, 1.54) is 13.8 Å². The molecule has 3 atom stereocenters. The highest BCUT2D eigenvalue weighted by Gasteiger charge is 2.33. The van der Waals surface area contributed by atoms with E-state index in [2.05, 4.69) is 24.7 Å². The summed E-state index contributed by atoms with van der Waals surface area (Å²) in [4.78, 5) is 45.4. The predicted molar refractivity (Wildman–Crippen MR) is 185 cm³/mol. The summed E-state index contributed by atoms with van der Waals surface area (Å²) in [6, 6.07) is 10.6. The Balaban J connectivity index is 1.13. The average molecular weight is 723 g/mol. The number of imidazole rings is 2. The molecule has 16 heteroatoms. The molecule has 0 radical (unpaired) electrons. The van der Waals surface area contributed by atoms with Gasteiger partial charge in [-0.05, 0) is 86.8 Å². The second-order valence-electron chi connectivity index (χ2n) is 12.1. The van der Waals surface area contributed by atoms with Gasteiger partial charge in [-0.1, -0.05) is 28.7 Å². The first-order chi connectivity index (χ1) is 24.0. The minimum Gasteiger partial charge on any atom is -0.441 e. The van der Waals surface area contributed by atoms with E-state index in [0.29, 0.717) is 35.1 Å². The number of aromatic amines is 2. The molecule has 2 aliphatic rings. The molecule has 0 bridgehead atoms. The van der Waals surface area contributed by atoms with Crippen LogP contribution < -0.4 is 9.19 Å². The van der Waals surface area contributed by atoms with E-state index in [9.17, 15) is 26.4 Å². The largest absolute Gasteiger partial charge is 0.441 e. The highest BCUT2D eigenvalue weighted by molar-refractivity contribution is 7.93.